The van der Waals surface area contributed by atoms with E-state index >= 15 is 0 Å². The van der Waals surface area contributed by atoms with Crippen molar-refractivity contribution >= 4 is 6.08 Å². The smallest absolute Gasteiger partial charge is 0.101 e. The third-order valence-electron chi connectivity index (χ3n) is 3.70. The summed E-state index contributed by atoms with van der Waals surface area (Å²) in [5, 5.41) is 16.4. The van der Waals surface area contributed by atoms with Crippen LogP contribution in [0.15, 0.2) is 67.5 Å². The van der Waals surface area contributed by atoms with Crippen LogP contribution in [-0.4, -0.2) is 16.8 Å². The molecule has 0 aliphatic heterocycles. The van der Waals surface area contributed by atoms with Crippen molar-refractivity contribution < 1.29 is 5.11 Å². The summed E-state index contributed by atoms with van der Waals surface area (Å²) in [6, 6.07) is 18.6. The number of nitrogens with zero attached hydrogens (tertiary/aromatic N) is 2. The standard InChI is InChI=1S/C20H16N2.CH4O/c1-3-16-7-9-19(10-8-16)22-13-18(12-21)20(14-22)17-6-4-5-15(2)11-17;1-2/h3-11,13-14H,1H2,2H3;2H,1H3. The quantitative estimate of drug-likeness (QED) is 0.769. The zero-order valence-electron chi connectivity index (χ0n) is 13.9. The van der Waals surface area contributed by atoms with Crippen molar-refractivity contribution in [3.63, 3.8) is 0 Å². The molecule has 3 nitrogen and oxygen atoms in total. The summed E-state index contributed by atoms with van der Waals surface area (Å²) in [6.07, 6.45) is 5.70. The van der Waals surface area contributed by atoms with Crippen LogP contribution in [0.4, 0.5) is 0 Å². The van der Waals surface area contributed by atoms with Gasteiger partial charge in [-0.1, -0.05) is 54.6 Å². The van der Waals surface area contributed by atoms with Crippen LogP contribution in [0.25, 0.3) is 22.9 Å². The second-order valence-electron chi connectivity index (χ2n) is 5.27. The minimum Gasteiger partial charge on any atom is -0.400 e. The highest BCUT2D eigenvalue weighted by Gasteiger charge is 2.10. The van der Waals surface area contributed by atoms with Crippen molar-refractivity contribution in [1.82, 2.24) is 4.57 Å². The molecule has 0 saturated carbocycles. The van der Waals surface area contributed by atoms with Crippen molar-refractivity contribution in [2.75, 3.05) is 7.11 Å². The van der Waals surface area contributed by atoms with Gasteiger partial charge in [0.1, 0.15) is 6.07 Å². The van der Waals surface area contributed by atoms with Crippen LogP contribution in [0, 0.1) is 18.3 Å². The van der Waals surface area contributed by atoms with E-state index in [1.807, 2.05) is 59.4 Å². The molecule has 1 aromatic heterocycles. The van der Waals surface area contributed by atoms with Gasteiger partial charge in [0.15, 0.2) is 0 Å². The van der Waals surface area contributed by atoms with Crippen molar-refractivity contribution in [2.45, 2.75) is 6.92 Å². The molecular weight excluding hydrogens is 296 g/mol. The second-order valence-corrected chi connectivity index (χ2v) is 5.27. The fourth-order valence-electron chi connectivity index (χ4n) is 2.52. The number of aryl methyl sites for hydroxylation is 1. The van der Waals surface area contributed by atoms with Crippen molar-refractivity contribution in [2.24, 2.45) is 0 Å². The highest BCUT2D eigenvalue weighted by molar-refractivity contribution is 5.71. The summed E-state index contributed by atoms with van der Waals surface area (Å²) in [4.78, 5) is 0. The lowest BCUT2D eigenvalue weighted by molar-refractivity contribution is 0.399. The maximum Gasteiger partial charge on any atom is 0.101 e. The van der Waals surface area contributed by atoms with Gasteiger partial charge in [0, 0.05) is 30.8 Å². The SMILES string of the molecule is C=Cc1ccc(-n2cc(C#N)c(-c3cccc(C)c3)c2)cc1.CO. The lowest BCUT2D eigenvalue weighted by atomic mass is 10.0. The van der Waals surface area contributed by atoms with Crippen LogP contribution in [0.2, 0.25) is 0 Å². The molecule has 24 heavy (non-hydrogen) atoms. The number of aliphatic hydroxyl groups is 1. The van der Waals surface area contributed by atoms with Gasteiger partial charge in [0.25, 0.3) is 0 Å². The summed E-state index contributed by atoms with van der Waals surface area (Å²) < 4.78 is 1.99. The predicted molar refractivity (Wildman–Crippen MR) is 98.9 cm³/mol. The lowest BCUT2D eigenvalue weighted by Crippen LogP contribution is -1.89. The molecule has 1 N–H and O–H groups in total. The van der Waals surface area contributed by atoms with Crippen molar-refractivity contribution in [1.29, 1.82) is 5.26 Å². The van der Waals surface area contributed by atoms with E-state index in [0.29, 0.717) is 5.56 Å². The van der Waals surface area contributed by atoms with Crippen molar-refractivity contribution in [3.8, 4) is 22.9 Å². The molecule has 1 heterocycles. The monoisotopic (exact) mass is 316 g/mol. The highest BCUT2D eigenvalue weighted by atomic mass is 16.2. The van der Waals surface area contributed by atoms with Crippen LogP contribution in [-0.2, 0) is 0 Å². The zero-order valence-corrected chi connectivity index (χ0v) is 13.9. The Morgan fingerprint density at radius 3 is 2.38 bits per heavy atom. The van der Waals surface area contributed by atoms with Gasteiger partial charge in [-0.25, -0.2) is 0 Å². The van der Waals surface area contributed by atoms with Gasteiger partial charge in [0.2, 0.25) is 0 Å². The van der Waals surface area contributed by atoms with E-state index in [1.165, 1.54) is 5.56 Å². The van der Waals surface area contributed by atoms with Gasteiger partial charge in [-0.05, 0) is 30.2 Å². The number of hydrogen-bond acceptors (Lipinski definition) is 2. The number of nitriles is 1. The van der Waals surface area contributed by atoms with Crippen LogP contribution < -0.4 is 0 Å². The van der Waals surface area contributed by atoms with Crippen molar-refractivity contribution in [3.05, 3.63) is 84.2 Å². The van der Waals surface area contributed by atoms with E-state index in [0.717, 1.165) is 29.5 Å². The topological polar surface area (TPSA) is 49.0 Å². The third kappa shape index (κ3) is 3.62. The molecule has 2 aromatic carbocycles. The number of aliphatic hydroxyl groups excluding tert-OH is 1. The first kappa shape index (κ1) is 17.3. The minimum atomic E-state index is 0.679. The Bertz CT molecular complexity index is 868. The van der Waals surface area contributed by atoms with E-state index in [1.54, 1.807) is 0 Å². The summed E-state index contributed by atoms with van der Waals surface area (Å²) in [7, 11) is 1.00. The first-order valence-electron chi connectivity index (χ1n) is 7.58. The largest absolute Gasteiger partial charge is 0.400 e. The van der Waals surface area contributed by atoms with E-state index in [-0.39, 0.29) is 0 Å². The Kier molecular flexibility index (Phi) is 5.73. The summed E-state index contributed by atoms with van der Waals surface area (Å²) >= 11 is 0. The van der Waals surface area contributed by atoms with Crippen LogP contribution in [0.3, 0.4) is 0 Å². The average Bonchev–Trinajstić information content (AvgIpc) is 3.08. The fraction of sp³-hybridized carbons (Fsp3) is 0.0952. The molecule has 3 rings (SSSR count). The van der Waals surface area contributed by atoms with E-state index in [2.05, 4.69) is 31.7 Å². The first-order chi connectivity index (χ1) is 11.7. The lowest BCUT2D eigenvalue weighted by Gasteiger charge is -2.03. The number of hydrogen-bond donors (Lipinski definition) is 1. The molecule has 0 aliphatic rings. The van der Waals surface area contributed by atoms with Gasteiger partial charge in [-0.3, -0.25) is 0 Å². The van der Waals surface area contributed by atoms with Gasteiger partial charge in [-0.15, -0.1) is 0 Å². The Hall–Kier alpha value is -3.09. The molecular formula is C21H20N2O. The van der Waals surface area contributed by atoms with E-state index in [9.17, 15) is 5.26 Å². The minimum absolute atomic E-state index is 0.679. The molecule has 0 aliphatic carbocycles. The predicted octanol–water partition coefficient (Wildman–Crippen LogP) is 4.58. The fourth-order valence-corrected chi connectivity index (χ4v) is 2.52. The Morgan fingerprint density at radius 1 is 1.08 bits per heavy atom. The van der Waals surface area contributed by atoms with Gasteiger partial charge >= 0.3 is 0 Å². The second kappa shape index (κ2) is 7.96. The molecule has 0 amide bonds. The normalized spacial score (nSPS) is 9.58. The molecule has 0 spiro atoms. The highest BCUT2D eigenvalue weighted by Crippen LogP contribution is 2.27. The van der Waals surface area contributed by atoms with Crippen LogP contribution in [0.5, 0.6) is 0 Å². The van der Waals surface area contributed by atoms with Crippen LogP contribution in [0.1, 0.15) is 16.7 Å². The Morgan fingerprint density at radius 2 is 1.79 bits per heavy atom. The number of benzene rings is 2. The van der Waals surface area contributed by atoms with Gasteiger partial charge < -0.3 is 9.67 Å². The molecule has 0 saturated heterocycles. The number of aromatic nitrogens is 1. The maximum atomic E-state index is 9.41. The first-order valence-corrected chi connectivity index (χ1v) is 7.58. The average molecular weight is 316 g/mol. The van der Waals surface area contributed by atoms with Gasteiger partial charge in [0.05, 0.1) is 5.56 Å². The summed E-state index contributed by atoms with van der Waals surface area (Å²) in [6.45, 7) is 5.82. The molecule has 0 radical (unpaired) electrons. The summed E-state index contributed by atoms with van der Waals surface area (Å²) in [5.41, 5.74) is 6.00. The molecule has 0 bridgehead atoms. The molecule has 0 unspecified atom stereocenters. The molecule has 3 heteroatoms. The molecule has 3 aromatic rings. The number of rotatable bonds is 3. The summed E-state index contributed by atoms with van der Waals surface area (Å²) in [5.74, 6) is 0. The van der Waals surface area contributed by atoms with Gasteiger partial charge in [-0.2, -0.15) is 5.26 Å². The Balaban J connectivity index is 0.00000100. The van der Waals surface area contributed by atoms with E-state index in [4.69, 9.17) is 5.11 Å². The molecule has 0 atom stereocenters. The maximum absolute atomic E-state index is 9.41. The third-order valence-corrected chi connectivity index (χ3v) is 3.70. The Labute approximate surface area is 142 Å². The zero-order chi connectivity index (χ0) is 17.5. The molecule has 0 fully saturated rings. The molecule has 120 valence electrons. The van der Waals surface area contributed by atoms with E-state index < -0.39 is 0 Å². The van der Waals surface area contributed by atoms with Crippen LogP contribution >= 0.6 is 0 Å².